The molecular formula is C13H17NO2. The van der Waals surface area contributed by atoms with Gasteiger partial charge in [-0.1, -0.05) is 42.4 Å². The number of hydrogen-bond acceptors (Lipinski definition) is 3. The van der Waals surface area contributed by atoms with Gasteiger partial charge >= 0.3 is 0 Å². The van der Waals surface area contributed by atoms with E-state index in [1.54, 1.807) is 6.92 Å². The van der Waals surface area contributed by atoms with Gasteiger partial charge in [-0.05, 0) is 18.9 Å². The fraction of sp³-hybridized carbons (Fsp3) is 0.462. The van der Waals surface area contributed by atoms with Crippen molar-refractivity contribution >= 4 is 5.71 Å². The Bertz CT molecular complexity index is 373. The second-order valence-electron chi connectivity index (χ2n) is 4.14. The van der Waals surface area contributed by atoms with Gasteiger partial charge in [-0.25, -0.2) is 0 Å². The zero-order valence-electron chi connectivity index (χ0n) is 9.63. The molecule has 0 saturated carbocycles. The van der Waals surface area contributed by atoms with Crippen LogP contribution in [-0.4, -0.2) is 23.0 Å². The molecule has 0 fully saturated rings. The maximum atomic E-state index is 9.70. The fourth-order valence-electron chi connectivity index (χ4n) is 2.13. The zero-order chi connectivity index (χ0) is 11.5. The summed E-state index contributed by atoms with van der Waals surface area (Å²) >= 11 is 0. The van der Waals surface area contributed by atoms with E-state index in [4.69, 9.17) is 4.84 Å². The van der Waals surface area contributed by atoms with Gasteiger partial charge in [0.05, 0.1) is 17.7 Å². The number of hydrogen-bond donors (Lipinski definition) is 1. The van der Waals surface area contributed by atoms with Gasteiger partial charge in [0.25, 0.3) is 0 Å². The first kappa shape index (κ1) is 11.1. The van der Waals surface area contributed by atoms with Crippen molar-refractivity contribution in [2.45, 2.75) is 38.4 Å². The van der Waals surface area contributed by atoms with Crippen LogP contribution in [0.25, 0.3) is 0 Å². The Morgan fingerprint density at radius 2 is 2.06 bits per heavy atom. The molecule has 0 spiro atoms. The van der Waals surface area contributed by atoms with E-state index >= 15 is 0 Å². The van der Waals surface area contributed by atoms with E-state index < -0.39 is 6.10 Å². The summed E-state index contributed by atoms with van der Waals surface area (Å²) in [4.78, 5) is 5.32. The molecule has 3 nitrogen and oxygen atoms in total. The minimum atomic E-state index is -0.516. The molecular weight excluding hydrogens is 202 g/mol. The van der Waals surface area contributed by atoms with Gasteiger partial charge < -0.3 is 9.94 Å². The first-order valence-corrected chi connectivity index (χ1v) is 5.69. The van der Waals surface area contributed by atoms with E-state index in [2.05, 4.69) is 24.2 Å². The van der Waals surface area contributed by atoms with Crippen LogP contribution >= 0.6 is 0 Å². The van der Waals surface area contributed by atoms with Crippen LogP contribution in [0, 0.1) is 0 Å². The first-order valence-electron chi connectivity index (χ1n) is 5.69. The molecule has 0 bridgehead atoms. The van der Waals surface area contributed by atoms with Crippen LogP contribution in [0.4, 0.5) is 0 Å². The van der Waals surface area contributed by atoms with Crippen molar-refractivity contribution in [1.82, 2.24) is 0 Å². The monoisotopic (exact) mass is 219 g/mol. The van der Waals surface area contributed by atoms with E-state index in [1.165, 1.54) is 0 Å². The molecule has 3 atom stereocenters. The van der Waals surface area contributed by atoms with Crippen LogP contribution in [0.3, 0.4) is 0 Å². The fourth-order valence-corrected chi connectivity index (χ4v) is 2.13. The normalized spacial score (nSPS) is 26.1. The average Bonchev–Trinajstić information content (AvgIpc) is 2.73. The van der Waals surface area contributed by atoms with Crippen LogP contribution in [0.2, 0.25) is 0 Å². The van der Waals surface area contributed by atoms with Crippen molar-refractivity contribution in [3.05, 3.63) is 35.9 Å². The van der Waals surface area contributed by atoms with Crippen LogP contribution < -0.4 is 0 Å². The zero-order valence-corrected chi connectivity index (χ0v) is 9.63. The van der Waals surface area contributed by atoms with Crippen molar-refractivity contribution in [2.75, 3.05) is 0 Å². The highest BCUT2D eigenvalue weighted by Crippen LogP contribution is 2.32. The number of aliphatic hydroxyl groups excluding tert-OH is 1. The second-order valence-corrected chi connectivity index (χ2v) is 4.14. The lowest BCUT2D eigenvalue weighted by Crippen LogP contribution is -2.31. The lowest BCUT2D eigenvalue weighted by atomic mass is 9.86. The summed E-state index contributed by atoms with van der Waals surface area (Å²) in [7, 11) is 0. The third-order valence-corrected chi connectivity index (χ3v) is 2.98. The smallest absolute Gasteiger partial charge is 0.165 e. The molecule has 0 aliphatic carbocycles. The lowest BCUT2D eigenvalue weighted by molar-refractivity contribution is -0.0154. The van der Waals surface area contributed by atoms with Gasteiger partial charge in [-0.3, -0.25) is 0 Å². The van der Waals surface area contributed by atoms with Gasteiger partial charge in [0.15, 0.2) is 6.10 Å². The molecule has 2 rings (SSSR count). The number of oxime groups is 1. The maximum Gasteiger partial charge on any atom is 0.165 e. The molecule has 1 N–H and O–H groups in total. The van der Waals surface area contributed by atoms with Gasteiger partial charge in [0.1, 0.15) is 0 Å². The number of benzene rings is 1. The van der Waals surface area contributed by atoms with Crippen molar-refractivity contribution in [2.24, 2.45) is 5.16 Å². The summed E-state index contributed by atoms with van der Waals surface area (Å²) in [5, 5.41) is 13.8. The summed E-state index contributed by atoms with van der Waals surface area (Å²) in [6, 6.07) is 10.1. The number of nitrogens with zero attached hydrogens (tertiary/aromatic N) is 1. The standard InChI is InChI=1S/C13H17NO2/c1-3-11-12(10-7-5-4-6-8-10)13(9(2)15)16-14-11/h4-9,12-13,15H,3H2,1-2H3/t9-,12+,13?/m1/s1. The summed E-state index contributed by atoms with van der Waals surface area (Å²) in [6.45, 7) is 3.80. The van der Waals surface area contributed by atoms with Crippen molar-refractivity contribution < 1.29 is 9.94 Å². The summed E-state index contributed by atoms with van der Waals surface area (Å²) < 4.78 is 0. The summed E-state index contributed by atoms with van der Waals surface area (Å²) in [6.07, 6.45) is 0.0818. The van der Waals surface area contributed by atoms with E-state index in [9.17, 15) is 5.11 Å². The molecule has 16 heavy (non-hydrogen) atoms. The molecule has 1 heterocycles. The minimum Gasteiger partial charge on any atom is -0.389 e. The molecule has 0 aromatic heterocycles. The molecule has 1 aromatic carbocycles. The molecule has 1 aliphatic rings. The molecule has 0 radical (unpaired) electrons. The highest BCUT2D eigenvalue weighted by atomic mass is 16.7. The van der Waals surface area contributed by atoms with Crippen molar-refractivity contribution in [1.29, 1.82) is 0 Å². The minimum absolute atomic E-state index is 0.0891. The van der Waals surface area contributed by atoms with Crippen molar-refractivity contribution in [3.63, 3.8) is 0 Å². The van der Waals surface area contributed by atoms with Gasteiger partial charge in [0, 0.05) is 0 Å². The van der Waals surface area contributed by atoms with E-state index in [0.29, 0.717) is 0 Å². The van der Waals surface area contributed by atoms with Gasteiger partial charge in [-0.2, -0.15) is 0 Å². The quantitative estimate of drug-likeness (QED) is 0.847. The van der Waals surface area contributed by atoms with Gasteiger partial charge in [-0.15, -0.1) is 0 Å². The topological polar surface area (TPSA) is 41.8 Å². The predicted octanol–water partition coefficient (Wildman–Crippen LogP) is 2.32. The molecule has 0 amide bonds. The second kappa shape index (κ2) is 4.66. The first-order chi connectivity index (χ1) is 7.74. The van der Waals surface area contributed by atoms with E-state index in [-0.39, 0.29) is 12.0 Å². The number of aliphatic hydroxyl groups is 1. The van der Waals surface area contributed by atoms with Crippen molar-refractivity contribution in [3.8, 4) is 0 Å². The van der Waals surface area contributed by atoms with Crippen LogP contribution in [0.15, 0.2) is 35.5 Å². The Morgan fingerprint density at radius 3 is 2.62 bits per heavy atom. The third kappa shape index (κ3) is 1.95. The Balaban J connectivity index is 2.31. The predicted molar refractivity (Wildman–Crippen MR) is 63.5 cm³/mol. The SMILES string of the molecule is CCC1=NOC([C@@H](C)O)[C@H]1c1ccccc1. The van der Waals surface area contributed by atoms with Crippen LogP contribution in [0.1, 0.15) is 31.7 Å². The molecule has 1 aromatic rings. The molecule has 1 aliphatic heterocycles. The van der Waals surface area contributed by atoms with Crippen LogP contribution in [0.5, 0.6) is 0 Å². The lowest BCUT2D eigenvalue weighted by Gasteiger charge is -2.21. The van der Waals surface area contributed by atoms with Gasteiger partial charge in [0.2, 0.25) is 0 Å². The largest absolute Gasteiger partial charge is 0.389 e. The third-order valence-electron chi connectivity index (χ3n) is 2.98. The molecule has 3 heteroatoms. The molecule has 0 saturated heterocycles. The molecule has 86 valence electrons. The Morgan fingerprint density at radius 1 is 1.38 bits per heavy atom. The average molecular weight is 219 g/mol. The van der Waals surface area contributed by atoms with Crippen LogP contribution in [-0.2, 0) is 4.84 Å². The van der Waals surface area contributed by atoms with E-state index in [0.717, 1.165) is 17.7 Å². The summed E-state index contributed by atoms with van der Waals surface area (Å²) in [5.41, 5.74) is 2.17. The summed E-state index contributed by atoms with van der Waals surface area (Å²) in [5.74, 6) is 0.0891. The highest BCUT2D eigenvalue weighted by molar-refractivity contribution is 5.92. The van der Waals surface area contributed by atoms with E-state index in [1.807, 2.05) is 18.2 Å². The Labute approximate surface area is 95.7 Å². The number of rotatable bonds is 3. The Kier molecular flexibility index (Phi) is 3.25. The Hall–Kier alpha value is -1.35. The molecule has 1 unspecified atom stereocenters. The highest BCUT2D eigenvalue weighted by Gasteiger charge is 2.37. The maximum absolute atomic E-state index is 9.70.